The van der Waals surface area contributed by atoms with Gasteiger partial charge in [0, 0.05) is 32.2 Å². The first-order valence-corrected chi connectivity index (χ1v) is 27.3. The quantitative estimate of drug-likeness (QED) is 0.0325. The molecule has 3 rings (SSSR count). The van der Waals surface area contributed by atoms with E-state index in [1.807, 2.05) is 20.1 Å². The lowest BCUT2D eigenvalue weighted by Crippen LogP contribution is -2.60. The van der Waals surface area contributed by atoms with Gasteiger partial charge in [-0.25, -0.2) is 0 Å². The van der Waals surface area contributed by atoms with E-state index in [-0.39, 0.29) is 63.8 Å². The van der Waals surface area contributed by atoms with Gasteiger partial charge >= 0.3 is 0 Å². The van der Waals surface area contributed by atoms with Gasteiger partial charge in [-0.3, -0.25) is 52.7 Å². The van der Waals surface area contributed by atoms with Crippen LogP contribution in [0.4, 0.5) is 0 Å². The van der Waals surface area contributed by atoms with Crippen molar-refractivity contribution in [2.45, 2.75) is 146 Å². The molecule has 0 aromatic heterocycles. The summed E-state index contributed by atoms with van der Waals surface area (Å²) in [6.45, 7) is 3.71. The van der Waals surface area contributed by atoms with Crippen molar-refractivity contribution >= 4 is 76.7 Å². The first-order valence-electron chi connectivity index (χ1n) is 25.9. The molecular formula is C52H79N13O11S. The van der Waals surface area contributed by atoms with E-state index >= 15 is 0 Å². The molecule has 17 N–H and O–H groups in total. The highest BCUT2D eigenvalue weighted by molar-refractivity contribution is 7.98. The van der Waals surface area contributed by atoms with Crippen LogP contribution in [0.15, 0.2) is 60.7 Å². The van der Waals surface area contributed by atoms with Crippen molar-refractivity contribution in [1.29, 1.82) is 0 Å². The maximum Gasteiger partial charge on any atom is 0.243 e. The van der Waals surface area contributed by atoms with Crippen molar-refractivity contribution in [3.8, 4) is 0 Å². The van der Waals surface area contributed by atoms with Gasteiger partial charge in [-0.2, -0.15) is 11.8 Å². The van der Waals surface area contributed by atoms with E-state index in [4.69, 9.17) is 28.7 Å². The molecular weight excluding hydrogens is 1010 g/mol. The SMILES string of the molecule is CSCC[C@H](NC(=O)[C@H](CC(C)C)NC(=O)CNC(=O)[C@H](Cc1ccccc1)NC(=O)[C@H](Cc1ccccc1)NC(=O)[C@H](CCC(N)=O)NC(=O)[C@H](CCC(N)=O)NC(=O)[C@@H]1CCCN1C(=O)[C@@H](N)CCCCN)C(N)=O. The van der Waals surface area contributed by atoms with Crippen LogP contribution in [0.5, 0.6) is 0 Å². The Bertz CT molecular complexity index is 2310. The minimum atomic E-state index is -1.56. The number of amides is 11. The summed E-state index contributed by atoms with van der Waals surface area (Å²) in [4.78, 5) is 148. The zero-order chi connectivity index (χ0) is 57.0. The van der Waals surface area contributed by atoms with Crippen molar-refractivity contribution in [1.82, 2.24) is 42.1 Å². The van der Waals surface area contributed by atoms with E-state index in [2.05, 4.69) is 37.2 Å². The molecule has 0 radical (unpaired) electrons. The van der Waals surface area contributed by atoms with E-state index in [1.54, 1.807) is 60.7 Å². The topological polar surface area (TPSA) is 405 Å². The zero-order valence-electron chi connectivity index (χ0n) is 44.2. The number of nitrogens with one attached hydrogen (secondary N) is 7. The molecule has 0 saturated carbocycles. The number of nitrogens with two attached hydrogens (primary N) is 5. The summed E-state index contributed by atoms with van der Waals surface area (Å²) in [7, 11) is 0. The highest BCUT2D eigenvalue weighted by atomic mass is 32.2. The molecule has 25 heteroatoms. The van der Waals surface area contributed by atoms with E-state index < -0.39 is 126 Å². The van der Waals surface area contributed by atoms with E-state index in [1.165, 1.54) is 16.7 Å². The number of primary amides is 3. The van der Waals surface area contributed by atoms with Crippen molar-refractivity contribution < 1.29 is 52.7 Å². The first kappa shape index (κ1) is 64.2. The number of carbonyl (C=O) groups is 11. The lowest BCUT2D eigenvalue weighted by molar-refractivity contribution is -0.140. The Hall–Kier alpha value is -7.12. The van der Waals surface area contributed by atoms with Crippen LogP contribution in [0.25, 0.3) is 0 Å². The van der Waals surface area contributed by atoms with Gasteiger partial charge in [0.15, 0.2) is 0 Å². The van der Waals surface area contributed by atoms with Gasteiger partial charge in [0.25, 0.3) is 0 Å². The summed E-state index contributed by atoms with van der Waals surface area (Å²) in [5, 5.41) is 18.3. The number of thioether (sulfide) groups is 1. The van der Waals surface area contributed by atoms with Crippen molar-refractivity contribution in [3.63, 3.8) is 0 Å². The molecule has 77 heavy (non-hydrogen) atoms. The number of hydrogen-bond acceptors (Lipinski definition) is 14. The summed E-state index contributed by atoms with van der Waals surface area (Å²) >= 11 is 1.46. The summed E-state index contributed by atoms with van der Waals surface area (Å²) in [5.74, 6) is -8.00. The number of carbonyl (C=O) groups excluding carboxylic acids is 11. The molecule has 8 atom stereocenters. The largest absolute Gasteiger partial charge is 0.370 e. The van der Waals surface area contributed by atoms with Gasteiger partial charge in [0.2, 0.25) is 65.0 Å². The van der Waals surface area contributed by atoms with Crippen LogP contribution in [0, 0.1) is 5.92 Å². The molecule has 1 saturated heterocycles. The molecule has 1 heterocycles. The average Bonchev–Trinajstić information content (AvgIpc) is 3.89. The number of rotatable bonds is 35. The highest BCUT2D eigenvalue weighted by Gasteiger charge is 2.39. The van der Waals surface area contributed by atoms with Crippen LogP contribution in [0.2, 0.25) is 0 Å². The van der Waals surface area contributed by atoms with Crippen LogP contribution >= 0.6 is 11.8 Å². The predicted octanol–water partition coefficient (Wildman–Crippen LogP) is -2.24. The number of unbranched alkanes of at least 4 members (excludes halogenated alkanes) is 1. The molecule has 2 aromatic rings. The Kier molecular flexibility index (Phi) is 28.2. The normalized spacial score (nSPS) is 15.8. The second-order valence-electron chi connectivity index (χ2n) is 19.4. The first-order chi connectivity index (χ1) is 36.6. The van der Waals surface area contributed by atoms with Crippen molar-refractivity contribution in [3.05, 3.63) is 71.8 Å². The molecule has 0 unspecified atom stereocenters. The minimum Gasteiger partial charge on any atom is -0.370 e. The van der Waals surface area contributed by atoms with Gasteiger partial charge < -0.3 is 70.8 Å². The Labute approximate surface area is 453 Å². The fourth-order valence-electron chi connectivity index (χ4n) is 8.49. The molecule has 0 bridgehead atoms. The number of nitrogens with zero attached hydrogens (tertiary/aromatic N) is 1. The van der Waals surface area contributed by atoms with Crippen molar-refractivity contribution in [2.24, 2.45) is 34.6 Å². The Morgan fingerprint density at radius 1 is 0.610 bits per heavy atom. The van der Waals surface area contributed by atoms with E-state index in [0.29, 0.717) is 49.1 Å². The molecule has 11 amide bonds. The Balaban J connectivity index is 1.88. The number of likely N-dealkylation sites (tertiary alicyclic amines) is 1. The third-order valence-corrected chi connectivity index (χ3v) is 13.3. The second-order valence-corrected chi connectivity index (χ2v) is 20.4. The molecule has 424 valence electrons. The van der Waals surface area contributed by atoms with Gasteiger partial charge in [-0.1, -0.05) is 80.9 Å². The van der Waals surface area contributed by atoms with E-state index in [0.717, 1.165) is 0 Å². The van der Waals surface area contributed by atoms with Crippen LogP contribution < -0.4 is 65.9 Å². The summed E-state index contributed by atoms with van der Waals surface area (Å²) < 4.78 is 0. The number of hydrogen-bond donors (Lipinski definition) is 12. The third kappa shape index (κ3) is 23.3. The van der Waals surface area contributed by atoms with Crippen LogP contribution in [0.3, 0.4) is 0 Å². The summed E-state index contributed by atoms with van der Waals surface area (Å²) in [6, 6.07) is 7.37. The van der Waals surface area contributed by atoms with Gasteiger partial charge in [0.05, 0.1) is 12.6 Å². The standard InChI is InChI=1S/C52H79N13O11S/c1-31(2)27-38(49(73)60-35(45(57)69)23-26-77-3)59-44(68)30-58-46(70)39(28-32-13-6-4-7-14-32)63-50(74)40(29-33-15-8-5-9-16-33)64-48(72)36(19-21-42(55)66)61-47(71)37(20-22-43(56)67)62-51(75)41-18-12-25-65(41)52(76)34(54)17-10-11-24-53/h4-9,13-16,31,34-41H,10-12,17-30,53-54H2,1-3H3,(H2,55,66)(H2,56,67)(H2,57,69)(H,58,70)(H,59,68)(H,60,73)(H,61,71)(H,62,75)(H,63,74)(H,64,72)/t34-,35-,36-,37-,38-,39-,40-,41-/m0/s1. The molecule has 0 spiro atoms. The zero-order valence-corrected chi connectivity index (χ0v) is 45.0. The fourth-order valence-corrected chi connectivity index (χ4v) is 8.97. The minimum absolute atomic E-state index is 0.0731. The van der Waals surface area contributed by atoms with E-state index in [9.17, 15) is 52.7 Å². The molecule has 1 fully saturated rings. The molecule has 1 aliphatic heterocycles. The fraction of sp³-hybridized carbons (Fsp3) is 0.558. The highest BCUT2D eigenvalue weighted by Crippen LogP contribution is 2.20. The lowest BCUT2D eigenvalue weighted by Gasteiger charge is -2.29. The smallest absolute Gasteiger partial charge is 0.243 e. The van der Waals surface area contributed by atoms with Gasteiger partial charge in [-0.15, -0.1) is 0 Å². The average molecular weight is 1090 g/mol. The van der Waals surface area contributed by atoms with Gasteiger partial charge in [0.1, 0.15) is 42.3 Å². The maximum absolute atomic E-state index is 14.5. The lowest BCUT2D eigenvalue weighted by atomic mass is 10.0. The summed E-state index contributed by atoms with van der Waals surface area (Å²) in [6.07, 6.45) is 2.94. The van der Waals surface area contributed by atoms with Crippen LogP contribution in [0.1, 0.15) is 95.6 Å². The van der Waals surface area contributed by atoms with Crippen LogP contribution in [-0.2, 0) is 65.6 Å². The second kappa shape index (κ2) is 33.8. The Morgan fingerprint density at radius 3 is 1.61 bits per heavy atom. The maximum atomic E-state index is 14.5. The summed E-state index contributed by atoms with van der Waals surface area (Å²) in [5.41, 5.74) is 29.4. The molecule has 1 aliphatic rings. The predicted molar refractivity (Wildman–Crippen MR) is 289 cm³/mol. The third-order valence-electron chi connectivity index (χ3n) is 12.6. The van der Waals surface area contributed by atoms with Crippen LogP contribution in [-0.4, -0.2) is 150 Å². The van der Waals surface area contributed by atoms with Crippen molar-refractivity contribution in [2.75, 3.05) is 31.6 Å². The molecule has 0 aliphatic carbocycles. The Morgan fingerprint density at radius 2 is 1.10 bits per heavy atom. The monoisotopic (exact) mass is 1090 g/mol. The van der Waals surface area contributed by atoms with Gasteiger partial charge in [-0.05, 0) is 87.0 Å². The molecule has 24 nitrogen and oxygen atoms in total. The molecule has 2 aromatic carbocycles. The number of benzene rings is 2.